The molecule has 0 saturated carbocycles. The highest BCUT2D eigenvalue weighted by Crippen LogP contribution is 2.35. The fourth-order valence-electron chi connectivity index (χ4n) is 2.70. The number of nitrogens with zero attached hydrogens (tertiary/aromatic N) is 1. The number of rotatable bonds is 3. The van der Waals surface area contributed by atoms with Crippen molar-refractivity contribution in [2.75, 3.05) is 13.1 Å². The summed E-state index contributed by atoms with van der Waals surface area (Å²) in [5, 5.41) is 9.96. The second-order valence-corrected chi connectivity index (χ2v) is 5.81. The molecule has 1 amide bonds. The molecule has 108 valence electrons. The zero-order valence-electron chi connectivity index (χ0n) is 11.6. The van der Waals surface area contributed by atoms with Gasteiger partial charge in [-0.2, -0.15) is 0 Å². The minimum absolute atomic E-state index is 0.115. The topological polar surface area (TPSA) is 57.6 Å². The van der Waals surface area contributed by atoms with Gasteiger partial charge in [0.15, 0.2) is 0 Å². The highest BCUT2D eigenvalue weighted by molar-refractivity contribution is 6.30. The minimum Gasteiger partial charge on any atom is -0.481 e. The van der Waals surface area contributed by atoms with Crippen molar-refractivity contribution in [2.45, 2.75) is 26.7 Å². The van der Waals surface area contributed by atoms with Crippen LogP contribution in [0.1, 0.15) is 35.7 Å². The predicted octanol–water partition coefficient (Wildman–Crippen LogP) is 2.98. The molecule has 1 aromatic rings. The molecular weight excluding hydrogens is 278 g/mol. The predicted molar refractivity (Wildman–Crippen MR) is 77.1 cm³/mol. The standard InChI is InChI=1S/C15H18ClNO3/c1-3-15(14(19)20)6-7-17(9-15)13(18)12-5-4-11(16)8-10(12)2/h4-5,8H,3,6-7,9H2,1-2H3,(H,19,20). The summed E-state index contributed by atoms with van der Waals surface area (Å²) in [5.41, 5.74) is 0.606. The Morgan fingerprint density at radius 3 is 2.65 bits per heavy atom. The number of carbonyl (C=O) groups excluding carboxylic acids is 1. The van der Waals surface area contributed by atoms with Crippen molar-refractivity contribution in [3.63, 3.8) is 0 Å². The average molecular weight is 296 g/mol. The number of benzene rings is 1. The zero-order chi connectivity index (χ0) is 14.9. The van der Waals surface area contributed by atoms with Crippen LogP contribution in [0.15, 0.2) is 18.2 Å². The summed E-state index contributed by atoms with van der Waals surface area (Å²) in [5.74, 6) is -0.932. The molecule has 2 rings (SSSR count). The van der Waals surface area contributed by atoms with E-state index >= 15 is 0 Å². The fourth-order valence-corrected chi connectivity index (χ4v) is 2.92. The molecule has 1 unspecified atom stereocenters. The van der Waals surface area contributed by atoms with Crippen LogP contribution in [0.5, 0.6) is 0 Å². The molecular formula is C15H18ClNO3. The van der Waals surface area contributed by atoms with Crippen LogP contribution >= 0.6 is 11.6 Å². The van der Waals surface area contributed by atoms with Crippen LogP contribution in [0.4, 0.5) is 0 Å². The highest BCUT2D eigenvalue weighted by Gasteiger charge is 2.44. The molecule has 1 aliphatic heterocycles. The number of carboxylic acids is 1. The van der Waals surface area contributed by atoms with Crippen LogP contribution in [0.2, 0.25) is 5.02 Å². The number of carbonyl (C=O) groups is 2. The Morgan fingerprint density at radius 1 is 1.45 bits per heavy atom. The van der Waals surface area contributed by atoms with Gasteiger partial charge in [-0.15, -0.1) is 0 Å². The van der Waals surface area contributed by atoms with Gasteiger partial charge in [-0.05, 0) is 43.5 Å². The summed E-state index contributed by atoms with van der Waals surface area (Å²) in [7, 11) is 0. The summed E-state index contributed by atoms with van der Waals surface area (Å²) >= 11 is 5.89. The maximum absolute atomic E-state index is 12.5. The summed E-state index contributed by atoms with van der Waals surface area (Å²) in [6.45, 7) is 4.45. The lowest BCUT2D eigenvalue weighted by atomic mass is 9.84. The van der Waals surface area contributed by atoms with Gasteiger partial charge in [0, 0.05) is 23.7 Å². The Hall–Kier alpha value is -1.55. The van der Waals surface area contributed by atoms with Gasteiger partial charge in [0.2, 0.25) is 0 Å². The fraction of sp³-hybridized carbons (Fsp3) is 0.467. The van der Waals surface area contributed by atoms with Gasteiger partial charge in [0.25, 0.3) is 5.91 Å². The molecule has 1 aliphatic rings. The quantitative estimate of drug-likeness (QED) is 0.932. The number of halogens is 1. The molecule has 20 heavy (non-hydrogen) atoms. The maximum Gasteiger partial charge on any atom is 0.311 e. The van der Waals surface area contributed by atoms with E-state index in [1.807, 2.05) is 13.8 Å². The third-order valence-corrected chi connectivity index (χ3v) is 4.43. The first-order valence-electron chi connectivity index (χ1n) is 6.68. The van der Waals surface area contributed by atoms with Gasteiger partial charge in [0.05, 0.1) is 5.41 Å². The van der Waals surface area contributed by atoms with Crippen LogP contribution in [0.25, 0.3) is 0 Å². The normalized spacial score (nSPS) is 22.1. The van der Waals surface area contributed by atoms with Crippen molar-refractivity contribution in [3.05, 3.63) is 34.3 Å². The first-order chi connectivity index (χ1) is 9.39. The molecule has 0 aliphatic carbocycles. The Kier molecular flexibility index (Phi) is 4.04. The Bertz CT molecular complexity index is 558. The molecule has 0 bridgehead atoms. The molecule has 1 aromatic carbocycles. The molecule has 1 atom stereocenters. The lowest BCUT2D eigenvalue weighted by molar-refractivity contribution is -0.148. The van der Waals surface area contributed by atoms with Crippen molar-refractivity contribution in [2.24, 2.45) is 5.41 Å². The number of hydrogen-bond acceptors (Lipinski definition) is 2. The van der Waals surface area contributed by atoms with Crippen molar-refractivity contribution in [1.29, 1.82) is 0 Å². The van der Waals surface area contributed by atoms with Crippen LogP contribution in [-0.2, 0) is 4.79 Å². The Labute approximate surface area is 123 Å². The summed E-state index contributed by atoms with van der Waals surface area (Å²) in [6, 6.07) is 5.13. The monoisotopic (exact) mass is 295 g/mol. The molecule has 0 spiro atoms. The van der Waals surface area contributed by atoms with Gasteiger partial charge in [-0.3, -0.25) is 9.59 Å². The van der Waals surface area contributed by atoms with Gasteiger partial charge < -0.3 is 10.0 Å². The molecule has 5 heteroatoms. The van der Waals surface area contributed by atoms with Gasteiger partial charge >= 0.3 is 5.97 Å². The smallest absolute Gasteiger partial charge is 0.311 e. The molecule has 1 saturated heterocycles. The number of carboxylic acid groups (broad SMARTS) is 1. The number of hydrogen-bond donors (Lipinski definition) is 1. The third kappa shape index (κ3) is 2.52. The summed E-state index contributed by atoms with van der Waals surface area (Å²) < 4.78 is 0. The van der Waals surface area contributed by atoms with Gasteiger partial charge in [-0.1, -0.05) is 18.5 Å². The van der Waals surface area contributed by atoms with Crippen LogP contribution in [-0.4, -0.2) is 35.0 Å². The first-order valence-corrected chi connectivity index (χ1v) is 7.06. The van der Waals surface area contributed by atoms with Crippen molar-refractivity contribution < 1.29 is 14.7 Å². The van der Waals surface area contributed by atoms with E-state index in [4.69, 9.17) is 11.6 Å². The van der Waals surface area contributed by atoms with Crippen LogP contribution in [0.3, 0.4) is 0 Å². The summed E-state index contributed by atoms with van der Waals surface area (Å²) in [4.78, 5) is 25.5. The van der Waals surface area contributed by atoms with E-state index in [0.717, 1.165) is 5.56 Å². The number of likely N-dealkylation sites (tertiary alicyclic amines) is 1. The van der Waals surface area contributed by atoms with Gasteiger partial charge in [-0.25, -0.2) is 0 Å². The lowest BCUT2D eigenvalue weighted by Crippen LogP contribution is -2.36. The summed E-state index contributed by atoms with van der Waals surface area (Å²) in [6.07, 6.45) is 1.04. The molecule has 0 radical (unpaired) electrons. The third-order valence-electron chi connectivity index (χ3n) is 4.19. The molecule has 4 nitrogen and oxygen atoms in total. The largest absolute Gasteiger partial charge is 0.481 e. The first kappa shape index (κ1) is 14.9. The van der Waals surface area contributed by atoms with E-state index < -0.39 is 11.4 Å². The SMILES string of the molecule is CCC1(C(=O)O)CCN(C(=O)c2ccc(Cl)cc2C)C1. The van der Waals surface area contributed by atoms with E-state index in [1.165, 1.54) is 0 Å². The van der Waals surface area contributed by atoms with Crippen molar-refractivity contribution in [3.8, 4) is 0 Å². The molecule has 0 aromatic heterocycles. The Balaban J connectivity index is 2.21. The average Bonchev–Trinajstić information content (AvgIpc) is 2.83. The second-order valence-electron chi connectivity index (χ2n) is 5.37. The highest BCUT2D eigenvalue weighted by atomic mass is 35.5. The molecule has 1 fully saturated rings. The van der Waals surface area contributed by atoms with Crippen LogP contribution < -0.4 is 0 Å². The minimum atomic E-state index is -0.817. The van der Waals surface area contributed by atoms with E-state index in [-0.39, 0.29) is 12.5 Å². The Morgan fingerprint density at radius 2 is 2.15 bits per heavy atom. The van der Waals surface area contributed by atoms with E-state index in [2.05, 4.69) is 0 Å². The van der Waals surface area contributed by atoms with Crippen LogP contribution in [0, 0.1) is 12.3 Å². The van der Waals surface area contributed by atoms with Crippen molar-refractivity contribution >= 4 is 23.5 Å². The number of aliphatic carboxylic acids is 1. The van der Waals surface area contributed by atoms with Gasteiger partial charge in [0.1, 0.15) is 0 Å². The number of amides is 1. The van der Waals surface area contributed by atoms with E-state index in [1.54, 1.807) is 23.1 Å². The lowest BCUT2D eigenvalue weighted by Gasteiger charge is -2.23. The van der Waals surface area contributed by atoms with E-state index in [9.17, 15) is 14.7 Å². The molecule has 1 heterocycles. The number of aryl methyl sites for hydroxylation is 1. The molecule has 1 N–H and O–H groups in total. The van der Waals surface area contributed by atoms with Crippen molar-refractivity contribution in [1.82, 2.24) is 4.90 Å². The zero-order valence-corrected chi connectivity index (χ0v) is 12.4. The maximum atomic E-state index is 12.5. The van der Waals surface area contributed by atoms with E-state index in [0.29, 0.717) is 30.0 Å². The second kappa shape index (κ2) is 5.44.